The number of para-hydroxylation sites is 1. The minimum Gasteiger partial charge on any atom is -0.504 e. The van der Waals surface area contributed by atoms with Gasteiger partial charge in [0, 0.05) is 25.2 Å². The van der Waals surface area contributed by atoms with E-state index in [0.29, 0.717) is 17.8 Å². The number of nitrogens with zero attached hydrogens (tertiary/aromatic N) is 1. The highest BCUT2D eigenvalue weighted by Crippen LogP contribution is 2.33. The first kappa shape index (κ1) is 11.1. The number of phenols is 1. The highest BCUT2D eigenvalue weighted by atomic mass is 16.3. The summed E-state index contributed by atoms with van der Waals surface area (Å²) in [5.41, 5.74) is 6.98. The predicted molar refractivity (Wildman–Crippen MR) is 66.8 cm³/mol. The normalized spacial score (nSPS) is 25.8. The third-order valence-corrected chi connectivity index (χ3v) is 2.94. The lowest BCUT2D eigenvalue weighted by Gasteiger charge is -2.38. The summed E-state index contributed by atoms with van der Waals surface area (Å²) in [5, 5.41) is 13.4. The molecule has 1 saturated heterocycles. The molecule has 0 radical (unpaired) electrons. The lowest BCUT2D eigenvalue weighted by molar-refractivity contribution is 0.401. The van der Waals surface area contributed by atoms with Crippen LogP contribution < -0.4 is 16.0 Å². The first-order valence-corrected chi connectivity index (χ1v) is 5.66. The molecule has 2 atom stereocenters. The third-order valence-electron chi connectivity index (χ3n) is 2.94. The lowest BCUT2D eigenvalue weighted by atomic mass is 10.1. The van der Waals surface area contributed by atoms with Crippen molar-refractivity contribution in [2.24, 2.45) is 0 Å². The molecule has 88 valence electrons. The average Bonchev–Trinajstić information content (AvgIpc) is 2.20. The largest absolute Gasteiger partial charge is 0.504 e. The predicted octanol–water partition coefficient (Wildman–Crippen LogP) is 1.16. The van der Waals surface area contributed by atoms with Gasteiger partial charge in [-0.15, -0.1) is 0 Å². The van der Waals surface area contributed by atoms with Crippen molar-refractivity contribution >= 4 is 11.4 Å². The van der Waals surface area contributed by atoms with E-state index < -0.39 is 0 Å². The number of aromatic hydroxyl groups is 1. The minimum atomic E-state index is 0.198. The van der Waals surface area contributed by atoms with Crippen LogP contribution in [-0.2, 0) is 0 Å². The van der Waals surface area contributed by atoms with Gasteiger partial charge in [0.1, 0.15) is 0 Å². The van der Waals surface area contributed by atoms with Gasteiger partial charge in [0.2, 0.25) is 0 Å². The van der Waals surface area contributed by atoms with E-state index in [4.69, 9.17) is 5.73 Å². The van der Waals surface area contributed by atoms with Crippen LogP contribution in [0.5, 0.6) is 5.75 Å². The third kappa shape index (κ3) is 2.07. The summed E-state index contributed by atoms with van der Waals surface area (Å²) < 4.78 is 0. The smallest absolute Gasteiger partial charge is 0.162 e. The second-order valence-electron chi connectivity index (χ2n) is 4.59. The van der Waals surface area contributed by atoms with E-state index in [1.807, 2.05) is 12.1 Å². The Labute approximate surface area is 96.1 Å². The summed E-state index contributed by atoms with van der Waals surface area (Å²) in [5.74, 6) is 0.198. The van der Waals surface area contributed by atoms with Gasteiger partial charge in [0.05, 0.1) is 11.4 Å². The van der Waals surface area contributed by atoms with Gasteiger partial charge < -0.3 is 21.1 Å². The standard InChI is InChI=1S/C12H19N3O/c1-8-6-15(7-9(2)14-8)11-5-3-4-10(13)12(11)16/h3-5,8-9,14,16H,6-7,13H2,1-2H3/t8-,9+. The van der Waals surface area contributed by atoms with Crippen LogP contribution in [0, 0.1) is 0 Å². The maximum absolute atomic E-state index is 9.94. The number of nitrogen functional groups attached to an aromatic ring is 1. The van der Waals surface area contributed by atoms with Crippen LogP contribution in [-0.4, -0.2) is 30.3 Å². The fraction of sp³-hybridized carbons (Fsp3) is 0.500. The number of nitrogens with two attached hydrogens (primary N) is 1. The van der Waals surface area contributed by atoms with Crippen molar-refractivity contribution < 1.29 is 5.11 Å². The quantitative estimate of drug-likeness (QED) is 0.492. The molecule has 0 spiro atoms. The Morgan fingerprint density at radius 3 is 2.56 bits per heavy atom. The van der Waals surface area contributed by atoms with E-state index in [0.717, 1.165) is 18.8 Å². The van der Waals surface area contributed by atoms with Gasteiger partial charge in [-0.2, -0.15) is 0 Å². The maximum Gasteiger partial charge on any atom is 0.162 e. The molecule has 0 bridgehead atoms. The SMILES string of the molecule is C[C@@H]1CN(c2cccc(N)c2O)C[C@H](C)N1. The second kappa shape index (κ2) is 4.22. The van der Waals surface area contributed by atoms with E-state index >= 15 is 0 Å². The molecule has 4 nitrogen and oxygen atoms in total. The Hall–Kier alpha value is -1.42. The molecule has 4 heteroatoms. The molecule has 2 rings (SSSR count). The minimum absolute atomic E-state index is 0.198. The van der Waals surface area contributed by atoms with Crippen LogP contribution in [0.15, 0.2) is 18.2 Å². The average molecular weight is 221 g/mol. The highest BCUT2D eigenvalue weighted by molar-refractivity contribution is 5.69. The van der Waals surface area contributed by atoms with Crippen molar-refractivity contribution in [3.8, 4) is 5.75 Å². The zero-order valence-electron chi connectivity index (χ0n) is 9.77. The first-order chi connectivity index (χ1) is 7.58. The van der Waals surface area contributed by atoms with Crippen LogP contribution in [0.4, 0.5) is 11.4 Å². The molecule has 1 aliphatic heterocycles. The Bertz CT molecular complexity index is 371. The molecule has 1 aliphatic rings. The molecule has 4 N–H and O–H groups in total. The Morgan fingerprint density at radius 2 is 1.94 bits per heavy atom. The number of anilines is 2. The van der Waals surface area contributed by atoms with Crippen molar-refractivity contribution in [3.63, 3.8) is 0 Å². The molecule has 1 fully saturated rings. The summed E-state index contributed by atoms with van der Waals surface area (Å²) >= 11 is 0. The van der Waals surface area contributed by atoms with Gasteiger partial charge in [-0.3, -0.25) is 0 Å². The van der Waals surface area contributed by atoms with E-state index in [2.05, 4.69) is 24.1 Å². The van der Waals surface area contributed by atoms with E-state index in [-0.39, 0.29) is 5.75 Å². The van der Waals surface area contributed by atoms with Crippen molar-refractivity contribution in [1.82, 2.24) is 5.32 Å². The van der Waals surface area contributed by atoms with Gasteiger partial charge in [0.25, 0.3) is 0 Å². The number of rotatable bonds is 1. The lowest BCUT2D eigenvalue weighted by Crippen LogP contribution is -2.54. The van der Waals surface area contributed by atoms with Gasteiger partial charge in [-0.25, -0.2) is 0 Å². The summed E-state index contributed by atoms with van der Waals surface area (Å²) in [6.07, 6.45) is 0. The summed E-state index contributed by atoms with van der Waals surface area (Å²) in [7, 11) is 0. The number of phenolic OH excluding ortho intramolecular Hbond substituents is 1. The topological polar surface area (TPSA) is 61.5 Å². The van der Waals surface area contributed by atoms with Crippen LogP contribution in [0.25, 0.3) is 0 Å². The van der Waals surface area contributed by atoms with Crippen LogP contribution in [0.3, 0.4) is 0 Å². The Balaban J connectivity index is 2.26. The van der Waals surface area contributed by atoms with Crippen LogP contribution in [0.1, 0.15) is 13.8 Å². The second-order valence-corrected chi connectivity index (χ2v) is 4.59. The highest BCUT2D eigenvalue weighted by Gasteiger charge is 2.23. The van der Waals surface area contributed by atoms with Gasteiger partial charge >= 0.3 is 0 Å². The van der Waals surface area contributed by atoms with E-state index in [1.54, 1.807) is 6.07 Å². The summed E-state index contributed by atoms with van der Waals surface area (Å²) in [6.45, 7) is 6.07. The molecule has 16 heavy (non-hydrogen) atoms. The van der Waals surface area contributed by atoms with Crippen molar-refractivity contribution in [1.29, 1.82) is 0 Å². The molecule has 0 saturated carbocycles. The Morgan fingerprint density at radius 1 is 1.31 bits per heavy atom. The van der Waals surface area contributed by atoms with Gasteiger partial charge in [0.15, 0.2) is 5.75 Å². The molecule has 0 unspecified atom stereocenters. The van der Waals surface area contributed by atoms with E-state index in [9.17, 15) is 5.11 Å². The fourth-order valence-corrected chi connectivity index (χ4v) is 2.33. The molecule has 1 aromatic rings. The number of nitrogens with one attached hydrogen (secondary N) is 1. The summed E-state index contributed by atoms with van der Waals surface area (Å²) in [4.78, 5) is 2.18. The van der Waals surface area contributed by atoms with E-state index in [1.165, 1.54) is 0 Å². The molecular weight excluding hydrogens is 202 g/mol. The van der Waals surface area contributed by atoms with Crippen molar-refractivity contribution in [2.45, 2.75) is 25.9 Å². The monoisotopic (exact) mass is 221 g/mol. The molecule has 1 heterocycles. The van der Waals surface area contributed by atoms with Crippen LogP contribution >= 0.6 is 0 Å². The number of benzene rings is 1. The molecule has 1 aromatic carbocycles. The number of hydrogen-bond donors (Lipinski definition) is 3. The Kier molecular flexibility index (Phi) is 2.92. The number of piperazine rings is 1. The molecule has 0 aromatic heterocycles. The van der Waals surface area contributed by atoms with Crippen molar-refractivity contribution in [2.75, 3.05) is 23.7 Å². The summed E-state index contributed by atoms with van der Waals surface area (Å²) in [6, 6.07) is 6.35. The molecule has 0 amide bonds. The van der Waals surface area contributed by atoms with Crippen molar-refractivity contribution in [3.05, 3.63) is 18.2 Å². The van der Waals surface area contributed by atoms with Gasteiger partial charge in [-0.1, -0.05) is 6.07 Å². The van der Waals surface area contributed by atoms with Crippen LogP contribution in [0.2, 0.25) is 0 Å². The first-order valence-electron chi connectivity index (χ1n) is 5.66. The van der Waals surface area contributed by atoms with Gasteiger partial charge in [-0.05, 0) is 26.0 Å². The maximum atomic E-state index is 9.94. The fourth-order valence-electron chi connectivity index (χ4n) is 2.33. The molecular formula is C12H19N3O. The number of hydrogen-bond acceptors (Lipinski definition) is 4. The molecule has 0 aliphatic carbocycles. The zero-order chi connectivity index (χ0) is 11.7. The zero-order valence-corrected chi connectivity index (χ0v) is 9.77.